The quantitative estimate of drug-likeness (QED) is 0.835. The van der Waals surface area contributed by atoms with Crippen LogP contribution in [0.3, 0.4) is 0 Å². The van der Waals surface area contributed by atoms with E-state index in [-0.39, 0.29) is 23.7 Å². The topological polar surface area (TPSA) is 63.6 Å². The van der Waals surface area contributed by atoms with Crippen molar-refractivity contribution in [2.24, 2.45) is 0 Å². The summed E-state index contributed by atoms with van der Waals surface area (Å²) in [6, 6.07) is 6.73. The maximum atomic E-state index is 12.3. The summed E-state index contributed by atoms with van der Waals surface area (Å²) in [4.78, 5) is 24.6. The van der Waals surface area contributed by atoms with Crippen molar-refractivity contribution in [3.8, 4) is 0 Å². The number of fused-ring (bicyclic) bond motifs is 1. The standard InChI is InChI=1S/C15H14O4/c1-15(2,18)11-7-10-12(16)8-5-3-4-6-9(8)13(17)14(10)19-11/h3-6,11,18H,7H2,1-2H3/t11-/m0/s1. The van der Waals surface area contributed by atoms with E-state index in [1.807, 2.05) is 0 Å². The minimum absolute atomic E-state index is 0.107. The normalized spacial score (nSPS) is 22.2. The van der Waals surface area contributed by atoms with Gasteiger partial charge in [0.15, 0.2) is 11.5 Å². The number of benzene rings is 1. The molecule has 98 valence electrons. The Hall–Kier alpha value is -1.94. The molecule has 19 heavy (non-hydrogen) atoms. The Morgan fingerprint density at radius 2 is 1.74 bits per heavy atom. The van der Waals surface area contributed by atoms with Gasteiger partial charge in [-0.15, -0.1) is 0 Å². The summed E-state index contributed by atoms with van der Waals surface area (Å²) in [5.74, 6) is -0.329. The Kier molecular flexibility index (Phi) is 2.41. The number of ketones is 2. The van der Waals surface area contributed by atoms with E-state index in [0.29, 0.717) is 16.7 Å². The summed E-state index contributed by atoms with van der Waals surface area (Å²) in [5.41, 5.74) is 0.0918. The molecule has 1 N–H and O–H groups in total. The minimum atomic E-state index is -1.09. The van der Waals surface area contributed by atoms with Crippen LogP contribution in [0.25, 0.3) is 0 Å². The first-order valence-corrected chi connectivity index (χ1v) is 6.20. The summed E-state index contributed by atoms with van der Waals surface area (Å²) in [7, 11) is 0. The largest absolute Gasteiger partial charge is 0.483 e. The second-order valence-corrected chi connectivity index (χ2v) is 5.48. The average molecular weight is 258 g/mol. The fourth-order valence-corrected chi connectivity index (χ4v) is 2.48. The Balaban J connectivity index is 2.05. The lowest BCUT2D eigenvalue weighted by Gasteiger charge is -2.25. The number of Topliss-reactive ketones (excluding diaryl/α,β-unsaturated/α-hetero) is 2. The molecule has 0 spiro atoms. The van der Waals surface area contributed by atoms with E-state index in [1.165, 1.54) is 0 Å². The molecule has 3 rings (SSSR count). The first kappa shape index (κ1) is 12.1. The number of allylic oxidation sites excluding steroid dienone is 1. The van der Waals surface area contributed by atoms with Crippen LogP contribution in [0.15, 0.2) is 35.6 Å². The molecule has 0 saturated carbocycles. The van der Waals surface area contributed by atoms with Crippen LogP contribution in [-0.4, -0.2) is 28.4 Å². The number of carbonyl (C=O) groups is 2. The van der Waals surface area contributed by atoms with Gasteiger partial charge in [-0.1, -0.05) is 24.3 Å². The smallest absolute Gasteiger partial charge is 0.228 e. The van der Waals surface area contributed by atoms with Gasteiger partial charge >= 0.3 is 0 Å². The van der Waals surface area contributed by atoms with Gasteiger partial charge in [-0.3, -0.25) is 9.59 Å². The lowest BCUT2D eigenvalue weighted by atomic mass is 9.86. The number of hydrogen-bond donors (Lipinski definition) is 1. The third-order valence-corrected chi connectivity index (χ3v) is 3.61. The first-order chi connectivity index (χ1) is 8.89. The molecule has 1 aliphatic heterocycles. The van der Waals surface area contributed by atoms with Crippen LogP contribution in [0, 0.1) is 0 Å². The van der Waals surface area contributed by atoms with E-state index in [2.05, 4.69) is 0 Å². The van der Waals surface area contributed by atoms with Crippen molar-refractivity contribution in [2.75, 3.05) is 0 Å². The molecule has 1 aromatic rings. The molecule has 0 aromatic heterocycles. The van der Waals surface area contributed by atoms with Crippen LogP contribution in [0.1, 0.15) is 41.0 Å². The average Bonchev–Trinajstić information content (AvgIpc) is 2.81. The molecule has 4 heteroatoms. The van der Waals surface area contributed by atoms with Crippen molar-refractivity contribution in [1.82, 2.24) is 0 Å². The highest BCUT2D eigenvalue weighted by Gasteiger charge is 2.44. The van der Waals surface area contributed by atoms with E-state index in [1.54, 1.807) is 38.1 Å². The lowest BCUT2D eigenvalue weighted by molar-refractivity contribution is -0.0492. The van der Waals surface area contributed by atoms with Crippen molar-refractivity contribution in [1.29, 1.82) is 0 Å². The molecule has 1 heterocycles. The summed E-state index contributed by atoms with van der Waals surface area (Å²) in [6.07, 6.45) is -0.280. The number of rotatable bonds is 1. The molecule has 4 nitrogen and oxygen atoms in total. The van der Waals surface area contributed by atoms with Gasteiger partial charge in [0.1, 0.15) is 6.10 Å². The van der Waals surface area contributed by atoms with Gasteiger partial charge in [0.2, 0.25) is 5.78 Å². The summed E-state index contributed by atoms with van der Waals surface area (Å²) < 4.78 is 5.53. The van der Waals surface area contributed by atoms with Gasteiger partial charge < -0.3 is 9.84 Å². The van der Waals surface area contributed by atoms with Crippen LogP contribution < -0.4 is 0 Å². The van der Waals surface area contributed by atoms with Crippen molar-refractivity contribution >= 4 is 11.6 Å². The molecule has 0 radical (unpaired) electrons. The van der Waals surface area contributed by atoms with Crippen LogP contribution in [-0.2, 0) is 4.74 Å². The third-order valence-electron chi connectivity index (χ3n) is 3.61. The SMILES string of the molecule is CC(C)(O)[C@@H]1CC2=C(O1)C(=O)c1ccccc1C2=O. The molecule has 0 saturated heterocycles. The predicted octanol–water partition coefficient (Wildman–Crippen LogP) is 1.88. The minimum Gasteiger partial charge on any atom is -0.483 e. The van der Waals surface area contributed by atoms with Gasteiger partial charge in [0.05, 0.1) is 11.2 Å². The summed E-state index contributed by atoms with van der Waals surface area (Å²) >= 11 is 0. The molecule has 1 aromatic carbocycles. The second kappa shape index (κ2) is 3.78. The predicted molar refractivity (Wildman–Crippen MR) is 67.9 cm³/mol. The monoisotopic (exact) mass is 258 g/mol. The zero-order valence-corrected chi connectivity index (χ0v) is 10.8. The molecule has 1 aliphatic carbocycles. The Morgan fingerprint density at radius 3 is 2.32 bits per heavy atom. The van der Waals surface area contributed by atoms with Gasteiger partial charge in [-0.2, -0.15) is 0 Å². The summed E-state index contributed by atoms with van der Waals surface area (Å²) in [5, 5.41) is 9.98. The molecule has 1 atom stereocenters. The van der Waals surface area contributed by atoms with Gasteiger partial charge in [-0.05, 0) is 13.8 Å². The second-order valence-electron chi connectivity index (χ2n) is 5.48. The highest BCUT2D eigenvalue weighted by atomic mass is 16.5. The first-order valence-electron chi connectivity index (χ1n) is 6.20. The Labute approximate surface area is 110 Å². The highest BCUT2D eigenvalue weighted by Crippen LogP contribution is 2.38. The van der Waals surface area contributed by atoms with E-state index in [0.717, 1.165) is 0 Å². The van der Waals surface area contributed by atoms with Crippen molar-refractivity contribution in [3.63, 3.8) is 0 Å². The van der Waals surface area contributed by atoms with Crippen LogP contribution >= 0.6 is 0 Å². The van der Waals surface area contributed by atoms with Crippen molar-refractivity contribution < 1.29 is 19.4 Å². The van der Waals surface area contributed by atoms with E-state index in [9.17, 15) is 14.7 Å². The maximum Gasteiger partial charge on any atom is 0.228 e. The number of hydrogen-bond acceptors (Lipinski definition) is 4. The van der Waals surface area contributed by atoms with Crippen LogP contribution in [0.4, 0.5) is 0 Å². The van der Waals surface area contributed by atoms with Crippen LogP contribution in [0.2, 0.25) is 0 Å². The van der Waals surface area contributed by atoms with E-state index >= 15 is 0 Å². The van der Waals surface area contributed by atoms with Crippen molar-refractivity contribution in [2.45, 2.75) is 32.0 Å². The Morgan fingerprint density at radius 1 is 1.16 bits per heavy atom. The number of ether oxygens (including phenoxy) is 1. The maximum absolute atomic E-state index is 12.3. The van der Waals surface area contributed by atoms with Crippen molar-refractivity contribution in [3.05, 3.63) is 46.7 Å². The zero-order chi connectivity index (χ0) is 13.8. The fourth-order valence-electron chi connectivity index (χ4n) is 2.48. The molecule has 0 amide bonds. The van der Waals surface area contributed by atoms with Gasteiger partial charge in [0, 0.05) is 17.5 Å². The van der Waals surface area contributed by atoms with E-state index in [4.69, 9.17) is 4.74 Å². The highest BCUT2D eigenvalue weighted by molar-refractivity contribution is 6.26. The summed E-state index contributed by atoms with van der Waals surface area (Å²) in [6.45, 7) is 3.22. The Bertz CT molecular complexity index is 572. The molecule has 0 fully saturated rings. The number of carbonyl (C=O) groups excluding carboxylic acids is 2. The lowest BCUT2D eigenvalue weighted by Crippen LogP contribution is -2.36. The van der Waals surface area contributed by atoms with E-state index < -0.39 is 11.7 Å². The fraction of sp³-hybridized carbons (Fsp3) is 0.333. The molecular weight excluding hydrogens is 244 g/mol. The molecule has 0 bridgehead atoms. The van der Waals surface area contributed by atoms with Gasteiger partial charge in [-0.25, -0.2) is 0 Å². The number of aliphatic hydroxyl groups is 1. The molecule has 2 aliphatic rings. The van der Waals surface area contributed by atoms with Gasteiger partial charge in [0.25, 0.3) is 0 Å². The molecule has 0 unspecified atom stereocenters. The van der Waals surface area contributed by atoms with Crippen LogP contribution in [0.5, 0.6) is 0 Å². The third kappa shape index (κ3) is 1.71. The zero-order valence-electron chi connectivity index (χ0n) is 10.8. The molecular formula is C15H14O4.